The van der Waals surface area contributed by atoms with Crippen LogP contribution in [-0.2, 0) is 6.42 Å². The van der Waals surface area contributed by atoms with E-state index in [0.29, 0.717) is 18.4 Å². The molecule has 0 radical (unpaired) electrons. The van der Waals surface area contributed by atoms with E-state index in [2.05, 4.69) is 25.8 Å². The van der Waals surface area contributed by atoms with Crippen molar-refractivity contribution in [1.82, 2.24) is 9.88 Å². The van der Waals surface area contributed by atoms with Crippen molar-refractivity contribution in [2.75, 3.05) is 13.1 Å². The molecule has 0 bridgehead atoms. The molecule has 1 aromatic rings. The summed E-state index contributed by atoms with van der Waals surface area (Å²) < 4.78 is 0. The number of hydrogen-bond acceptors (Lipinski definition) is 4. The number of aryl methyl sites for hydroxylation is 1. The van der Waals surface area contributed by atoms with Crippen LogP contribution in [0.5, 0.6) is 0 Å². The van der Waals surface area contributed by atoms with Crippen molar-refractivity contribution in [2.24, 2.45) is 17.6 Å². The van der Waals surface area contributed by atoms with Gasteiger partial charge >= 0.3 is 0 Å². The number of carbonyl (C=O) groups excluding carboxylic acids is 1. The fraction of sp³-hybridized carbons (Fsp3) is 0.733. The SMILES string of the molecule is Cc1nc(CC(C)C)c(C(=O)N2CC(CN)CC2C)s1. The van der Waals surface area contributed by atoms with Crippen LogP contribution in [0.2, 0.25) is 0 Å². The lowest BCUT2D eigenvalue weighted by atomic mass is 10.1. The monoisotopic (exact) mass is 295 g/mol. The molecule has 1 aromatic heterocycles. The van der Waals surface area contributed by atoms with E-state index in [-0.39, 0.29) is 11.9 Å². The number of carbonyl (C=O) groups is 1. The molecule has 5 heteroatoms. The molecular formula is C15H25N3OS. The quantitative estimate of drug-likeness (QED) is 0.928. The molecule has 20 heavy (non-hydrogen) atoms. The molecular weight excluding hydrogens is 270 g/mol. The van der Waals surface area contributed by atoms with Crippen molar-refractivity contribution in [3.8, 4) is 0 Å². The molecule has 0 saturated carbocycles. The van der Waals surface area contributed by atoms with Gasteiger partial charge in [-0.05, 0) is 45.1 Å². The van der Waals surface area contributed by atoms with Gasteiger partial charge in [-0.25, -0.2) is 4.98 Å². The highest BCUT2D eigenvalue weighted by atomic mass is 32.1. The lowest BCUT2D eigenvalue weighted by Gasteiger charge is -2.21. The zero-order valence-corrected chi connectivity index (χ0v) is 13.7. The van der Waals surface area contributed by atoms with Gasteiger partial charge in [0.25, 0.3) is 5.91 Å². The summed E-state index contributed by atoms with van der Waals surface area (Å²) in [6.45, 7) is 9.85. The molecule has 4 nitrogen and oxygen atoms in total. The predicted octanol–water partition coefficient (Wildman–Crippen LogP) is 2.46. The Morgan fingerprint density at radius 2 is 2.25 bits per heavy atom. The van der Waals surface area contributed by atoms with Crippen LogP contribution in [0.4, 0.5) is 0 Å². The second-order valence-electron chi connectivity index (χ2n) is 6.25. The highest BCUT2D eigenvalue weighted by Gasteiger charge is 2.34. The molecule has 0 aromatic carbocycles. The first-order chi connectivity index (χ1) is 9.42. The summed E-state index contributed by atoms with van der Waals surface area (Å²) in [4.78, 5) is 20.2. The van der Waals surface area contributed by atoms with Gasteiger partial charge in [0.15, 0.2) is 0 Å². The van der Waals surface area contributed by atoms with Crippen LogP contribution in [0.3, 0.4) is 0 Å². The number of nitrogens with zero attached hydrogens (tertiary/aromatic N) is 2. The Hall–Kier alpha value is -0.940. The van der Waals surface area contributed by atoms with E-state index in [4.69, 9.17) is 5.73 Å². The van der Waals surface area contributed by atoms with Gasteiger partial charge in [-0.1, -0.05) is 13.8 Å². The number of rotatable bonds is 4. The number of thiazole rings is 1. The lowest BCUT2D eigenvalue weighted by molar-refractivity contribution is 0.0747. The van der Waals surface area contributed by atoms with Gasteiger partial charge in [-0.15, -0.1) is 11.3 Å². The second kappa shape index (κ2) is 6.22. The van der Waals surface area contributed by atoms with Crippen LogP contribution < -0.4 is 5.73 Å². The number of likely N-dealkylation sites (tertiary alicyclic amines) is 1. The zero-order valence-electron chi connectivity index (χ0n) is 12.8. The summed E-state index contributed by atoms with van der Waals surface area (Å²) in [6.07, 6.45) is 1.88. The van der Waals surface area contributed by atoms with Gasteiger partial charge in [-0.2, -0.15) is 0 Å². The van der Waals surface area contributed by atoms with Crippen LogP contribution in [0.1, 0.15) is 47.6 Å². The fourth-order valence-corrected chi connectivity index (χ4v) is 3.79. The van der Waals surface area contributed by atoms with Gasteiger partial charge in [0.1, 0.15) is 4.88 Å². The van der Waals surface area contributed by atoms with E-state index in [0.717, 1.165) is 35.0 Å². The lowest BCUT2D eigenvalue weighted by Crippen LogP contribution is -2.34. The van der Waals surface area contributed by atoms with Gasteiger partial charge in [0, 0.05) is 12.6 Å². The van der Waals surface area contributed by atoms with Gasteiger partial charge in [0.05, 0.1) is 10.7 Å². The molecule has 2 heterocycles. The summed E-state index contributed by atoms with van der Waals surface area (Å²) in [5.41, 5.74) is 6.72. The number of aromatic nitrogens is 1. The third-order valence-corrected chi connectivity index (χ3v) is 4.86. The van der Waals surface area contributed by atoms with Crippen LogP contribution in [0.25, 0.3) is 0 Å². The molecule has 1 fully saturated rings. The van der Waals surface area contributed by atoms with Crippen LogP contribution in [0, 0.1) is 18.8 Å². The average Bonchev–Trinajstić information content (AvgIpc) is 2.91. The highest BCUT2D eigenvalue weighted by molar-refractivity contribution is 7.13. The number of amides is 1. The average molecular weight is 295 g/mol. The Kier molecular flexibility index (Phi) is 4.81. The van der Waals surface area contributed by atoms with Crippen molar-refractivity contribution in [1.29, 1.82) is 0 Å². The molecule has 2 atom stereocenters. The van der Waals surface area contributed by atoms with E-state index < -0.39 is 0 Å². The van der Waals surface area contributed by atoms with Crippen LogP contribution in [0.15, 0.2) is 0 Å². The summed E-state index contributed by atoms with van der Waals surface area (Å²) >= 11 is 1.53. The molecule has 1 amide bonds. The van der Waals surface area contributed by atoms with Crippen molar-refractivity contribution in [2.45, 2.75) is 46.6 Å². The van der Waals surface area contributed by atoms with E-state index in [1.165, 1.54) is 11.3 Å². The Labute approximate surface area is 125 Å². The maximum atomic E-state index is 12.8. The van der Waals surface area contributed by atoms with Gasteiger partial charge < -0.3 is 10.6 Å². The highest BCUT2D eigenvalue weighted by Crippen LogP contribution is 2.28. The largest absolute Gasteiger partial charge is 0.335 e. The Morgan fingerprint density at radius 1 is 1.55 bits per heavy atom. The summed E-state index contributed by atoms with van der Waals surface area (Å²) in [5.74, 6) is 1.10. The van der Waals surface area contributed by atoms with Crippen LogP contribution >= 0.6 is 11.3 Å². The summed E-state index contributed by atoms with van der Waals surface area (Å²) in [6, 6.07) is 0.283. The second-order valence-corrected chi connectivity index (χ2v) is 7.45. The van der Waals surface area contributed by atoms with Crippen molar-refractivity contribution in [3.63, 3.8) is 0 Å². The minimum atomic E-state index is 0.148. The minimum absolute atomic E-state index is 0.148. The Bertz CT molecular complexity index is 483. The fourth-order valence-electron chi connectivity index (χ4n) is 2.89. The minimum Gasteiger partial charge on any atom is -0.335 e. The van der Waals surface area contributed by atoms with E-state index in [9.17, 15) is 4.79 Å². The van der Waals surface area contributed by atoms with Crippen molar-refractivity contribution in [3.05, 3.63) is 15.6 Å². The summed E-state index contributed by atoms with van der Waals surface area (Å²) in [5, 5.41) is 0.978. The first kappa shape index (κ1) is 15.4. The van der Waals surface area contributed by atoms with Gasteiger partial charge in [-0.3, -0.25) is 4.79 Å². The molecule has 1 aliphatic rings. The zero-order chi connectivity index (χ0) is 14.9. The van der Waals surface area contributed by atoms with E-state index in [1.807, 2.05) is 11.8 Å². The van der Waals surface area contributed by atoms with Crippen LogP contribution in [-0.4, -0.2) is 34.9 Å². The van der Waals surface area contributed by atoms with Crippen molar-refractivity contribution < 1.29 is 4.79 Å². The topological polar surface area (TPSA) is 59.2 Å². The smallest absolute Gasteiger partial charge is 0.266 e. The third-order valence-electron chi connectivity index (χ3n) is 3.86. The first-order valence-corrected chi connectivity index (χ1v) is 8.21. The predicted molar refractivity (Wildman–Crippen MR) is 83.1 cm³/mol. The molecule has 0 spiro atoms. The first-order valence-electron chi connectivity index (χ1n) is 7.39. The van der Waals surface area contributed by atoms with E-state index >= 15 is 0 Å². The molecule has 0 aliphatic carbocycles. The Balaban J connectivity index is 2.21. The maximum Gasteiger partial charge on any atom is 0.266 e. The normalized spacial score (nSPS) is 22.8. The maximum absolute atomic E-state index is 12.8. The molecule has 1 aliphatic heterocycles. The third kappa shape index (κ3) is 3.20. The number of nitrogens with two attached hydrogens (primary N) is 1. The molecule has 2 N–H and O–H groups in total. The Morgan fingerprint density at radius 3 is 2.80 bits per heavy atom. The summed E-state index contributed by atoms with van der Waals surface area (Å²) in [7, 11) is 0. The molecule has 112 valence electrons. The number of hydrogen-bond donors (Lipinski definition) is 1. The molecule has 1 saturated heterocycles. The molecule has 2 rings (SSSR count). The van der Waals surface area contributed by atoms with E-state index in [1.54, 1.807) is 0 Å². The van der Waals surface area contributed by atoms with Crippen molar-refractivity contribution >= 4 is 17.2 Å². The van der Waals surface area contributed by atoms with Gasteiger partial charge in [0.2, 0.25) is 0 Å². The standard InChI is InChI=1S/C15H25N3OS/c1-9(2)5-13-14(20-11(4)17-13)15(19)18-8-12(7-16)6-10(18)3/h9-10,12H,5-8,16H2,1-4H3. The molecule has 2 unspecified atom stereocenters.